The van der Waals surface area contributed by atoms with Crippen molar-refractivity contribution in [2.75, 3.05) is 38.3 Å². The van der Waals surface area contributed by atoms with Crippen LogP contribution in [0.4, 0.5) is 14.9 Å². The van der Waals surface area contributed by atoms with E-state index < -0.39 is 74.9 Å². The number of pyridine rings is 1. The molecule has 3 fully saturated rings. The first-order chi connectivity index (χ1) is 26.2. The normalized spacial score (nSPS) is 31.0. The molecule has 55 heavy (non-hydrogen) atoms. The smallest absolute Gasteiger partial charge is 0.405 e. The molecule has 2 aromatic rings. The highest BCUT2D eigenvalue weighted by Crippen LogP contribution is 2.48. The van der Waals surface area contributed by atoms with Crippen LogP contribution in [0.2, 0.25) is 0 Å². The van der Waals surface area contributed by atoms with Crippen LogP contribution < -0.4 is 29.7 Å². The zero-order valence-electron chi connectivity index (χ0n) is 31.3. The van der Waals surface area contributed by atoms with Crippen LogP contribution >= 0.6 is 0 Å². The quantitative estimate of drug-likeness (QED) is 0.287. The lowest BCUT2D eigenvalue weighted by Gasteiger charge is -2.33. The molecule has 7 atom stereocenters. The van der Waals surface area contributed by atoms with E-state index in [1.54, 1.807) is 12.3 Å². The predicted octanol–water partition coefficient (Wildman–Crippen LogP) is 3.27. The van der Waals surface area contributed by atoms with Gasteiger partial charge in [0, 0.05) is 36.4 Å². The van der Waals surface area contributed by atoms with Gasteiger partial charge in [0.1, 0.15) is 41.8 Å². The SMILES string of the molecule is CC[C@@H]1C[C@@H](C)CC/C=C\[C@@H]2C[C@@]2(C(=O)NS(=O)(=O)C2(CF)CC2)NC(=O)[C@@H]2C[C@@H](Oc3nccc4c5c(ccc34)N(C)CCO5)CN2C(=O)[C@H]1NC(=O)O. The Morgan fingerprint density at radius 3 is 2.67 bits per heavy atom. The summed E-state index contributed by atoms with van der Waals surface area (Å²) in [5.41, 5.74) is -0.752. The molecule has 4 N–H and O–H groups in total. The molecule has 298 valence electrons. The number of fused-ring (bicyclic) bond motifs is 5. The first-order valence-corrected chi connectivity index (χ1v) is 20.5. The van der Waals surface area contributed by atoms with Crippen LogP contribution in [0, 0.1) is 17.8 Å². The van der Waals surface area contributed by atoms with E-state index in [4.69, 9.17) is 9.47 Å². The number of benzene rings is 1. The van der Waals surface area contributed by atoms with Crippen molar-refractivity contribution < 1.29 is 46.6 Å². The number of carboxylic acid groups (broad SMARTS) is 1. The average molecular weight is 785 g/mol. The van der Waals surface area contributed by atoms with Crippen molar-refractivity contribution in [1.82, 2.24) is 25.2 Å². The molecular formula is C38H49FN6O9S. The van der Waals surface area contributed by atoms with Crippen LogP contribution in [-0.4, -0.2) is 109 Å². The fourth-order valence-electron chi connectivity index (χ4n) is 8.40. The lowest BCUT2D eigenvalue weighted by Crippen LogP contribution is -2.59. The lowest BCUT2D eigenvalue weighted by atomic mass is 9.85. The molecular weight excluding hydrogens is 736 g/mol. The number of ether oxygens (including phenoxy) is 2. The van der Waals surface area contributed by atoms with Gasteiger partial charge in [0.2, 0.25) is 27.7 Å². The fourth-order valence-corrected chi connectivity index (χ4v) is 9.83. The Labute approximate surface area is 319 Å². The highest BCUT2D eigenvalue weighted by Gasteiger charge is 2.64. The molecule has 15 nitrogen and oxygen atoms in total. The third-order valence-corrected chi connectivity index (χ3v) is 14.2. The molecule has 7 rings (SSSR count). The van der Waals surface area contributed by atoms with Gasteiger partial charge in [0.05, 0.1) is 18.8 Å². The maximum atomic E-state index is 14.6. The van der Waals surface area contributed by atoms with Crippen molar-refractivity contribution in [3.63, 3.8) is 0 Å². The van der Waals surface area contributed by atoms with E-state index in [1.165, 1.54) is 4.90 Å². The number of nitrogens with one attached hydrogen (secondary N) is 3. The number of hydrogen-bond acceptors (Lipinski definition) is 10. The van der Waals surface area contributed by atoms with E-state index in [-0.39, 0.29) is 49.9 Å². The van der Waals surface area contributed by atoms with Crippen molar-refractivity contribution in [3.05, 3.63) is 36.5 Å². The fraction of sp³-hybridized carbons (Fsp3) is 0.605. The van der Waals surface area contributed by atoms with E-state index in [9.17, 15) is 37.1 Å². The summed E-state index contributed by atoms with van der Waals surface area (Å²) < 4.78 is 53.0. The van der Waals surface area contributed by atoms with Crippen molar-refractivity contribution in [2.24, 2.45) is 17.8 Å². The van der Waals surface area contributed by atoms with Crippen molar-refractivity contribution in [1.29, 1.82) is 0 Å². The molecule has 1 aromatic heterocycles. The molecule has 1 saturated heterocycles. The van der Waals surface area contributed by atoms with Crippen LogP contribution in [-0.2, 0) is 24.4 Å². The second-order valence-corrected chi connectivity index (χ2v) is 17.9. The molecule has 0 bridgehead atoms. The third-order valence-electron chi connectivity index (χ3n) is 12.1. The first-order valence-electron chi connectivity index (χ1n) is 19.1. The Morgan fingerprint density at radius 2 is 1.96 bits per heavy atom. The minimum absolute atomic E-state index is 0.0335. The highest BCUT2D eigenvalue weighted by atomic mass is 32.2. The Hall–Kier alpha value is -4.67. The number of allylic oxidation sites excluding steroid dienone is 1. The molecule has 4 amide bonds. The minimum atomic E-state index is -4.39. The Bertz CT molecular complexity index is 2010. The molecule has 0 unspecified atom stereocenters. The number of halogens is 1. The minimum Gasteiger partial charge on any atom is -0.489 e. The number of amides is 4. The van der Waals surface area contributed by atoms with E-state index in [2.05, 4.69) is 25.2 Å². The maximum Gasteiger partial charge on any atom is 0.405 e. The van der Waals surface area contributed by atoms with Gasteiger partial charge < -0.3 is 35.0 Å². The molecule has 0 radical (unpaired) electrons. The summed E-state index contributed by atoms with van der Waals surface area (Å²) in [5, 5.41) is 16.6. The molecule has 17 heteroatoms. The lowest BCUT2D eigenvalue weighted by molar-refractivity contribution is -0.142. The van der Waals surface area contributed by atoms with Crippen molar-refractivity contribution in [3.8, 4) is 11.6 Å². The largest absolute Gasteiger partial charge is 0.489 e. The second-order valence-electron chi connectivity index (χ2n) is 15.8. The van der Waals surface area contributed by atoms with Gasteiger partial charge in [-0.25, -0.2) is 22.6 Å². The number of anilines is 1. The van der Waals surface area contributed by atoms with Crippen LogP contribution in [0.3, 0.4) is 0 Å². The molecule has 3 aliphatic heterocycles. The summed E-state index contributed by atoms with van der Waals surface area (Å²) in [6.07, 6.45) is 5.68. The molecule has 4 heterocycles. The number of likely N-dealkylation sites (N-methyl/N-ethyl adjacent to an activating group) is 1. The van der Waals surface area contributed by atoms with E-state index >= 15 is 0 Å². The number of alkyl halides is 1. The molecule has 0 spiro atoms. The summed E-state index contributed by atoms with van der Waals surface area (Å²) in [5.74, 6) is -2.20. The van der Waals surface area contributed by atoms with Gasteiger partial charge in [-0.1, -0.05) is 32.4 Å². The summed E-state index contributed by atoms with van der Waals surface area (Å²) in [4.78, 5) is 62.9. The van der Waals surface area contributed by atoms with E-state index in [1.807, 2.05) is 45.2 Å². The van der Waals surface area contributed by atoms with Crippen molar-refractivity contribution >= 4 is 50.3 Å². The number of carbonyl (C=O) groups is 4. The topological polar surface area (TPSA) is 197 Å². The molecule has 2 saturated carbocycles. The number of rotatable bonds is 8. The number of nitrogens with zero attached hydrogens (tertiary/aromatic N) is 3. The number of sulfonamides is 1. The summed E-state index contributed by atoms with van der Waals surface area (Å²) in [6.45, 7) is 3.91. The Morgan fingerprint density at radius 1 is 1.18 bits per heavy atom. The molecule has 1 aromatic carbocycles. The van der Waals surface area contributed by atoms with Crippen molar-refractivity contribution in [2.45, 2.75) is 93.7 Å². The highest BCUT2D eigenvalue weighted by molar-refractivity contribution is 7.91. The van der Waals surface area contributed by atoms with Gasteiger partial charge >= 0.3 is 6.09 Å². The summed E-state index contributed by atoms with van der Waals surface area (Å²) >= 11 is 0. The zero-order chi connectivity index (χ0) is 39.3. The van der Waals surface area contributed by atoms with Crippen LogP contribution in [0.1, 0.15) is 65.2 Å². The van der Waals surface area contributed by atoms with Crippen LogP contribution in [0.25, 0.3) is 10.8 Å². The summed E-state index contributed by atoms with van der Waals surface area (Å²) in [6, 6.07) is 3.22. The second kappa shape index (κ2) is 14.8. The number of hydrogen-bond donors (Lipinski definition) is 4. The van der Waals surface area contributed by atoms with Gasteiger partial charge in [-0.15, -0.1) is 0 Å². The Kier molecular flexibility index (Phi) is 10.4. The van der Waals surface area contributed by atoms with E-state index in [0.717, 1.165) is 17.6 Å². The van der Waals surface area contributed by atoms with E-state index in [0.29, 0.717) is 43.4 Å². The van der Waals surface area contributed by atoms with Gasteiger partial charge in [-0.2, -0.15) is 0 Å². The van der Waals surface area contributed by atoms with Crippen LogP contribution in [0.15, 0.2) is 36.5 Å². The number of aromatic nitrogens is 1. The monoisotopic (exact) mass is 784 g/mol. The number of carbonyl (C=O) groups excluding carboxylic acids is 3. The third kappa shape index (κ3) is 7.27. The molecule has 2 aliphatic carbocycles. The van der Waals surface area contributed by atoms with Gasteiger partial charge in [0.25, 0.3) is 5.91 Å². The molecule has 5 aliphatic rings. The summed E-state index contributed by atoms with van der Waals surface area (Å²) in [7, 11) is -2.41. The first kappa shape index (κ1) is 38.6. The van der Waals surface area contributed by atoms with Gasteiger partial charge in [-0.05, 0) is 68.6 Å². The zero-order valence-corrected chi connectivity index (χ0v) is 32.1. The van der Waals surface area contributed by atoms with Gasteiger partial charge in [-0.3, -0.25) is 19.1 Å². The Balaban J connectivity index is 1.23. The van der Waals surface area contributed by atoms with Gasteiger partial charge in [0.15, 0.2) is 5.75 Å². The average Bonchev–Trinajstić information content (AvgIpc) is 4.06. The maximum absolute atomic E-state index is 14.6. The predicted molar refractivity (Wildman–Crippen MR) is 200 cm³/mol. The van der Waals surface area contributed by atoms with Crippen LogP contribution in [0.5, 0.6) is 11.6 Å². The standard InChI is InChI=1S/C38H49FN6O9S/c1-4-23-17-22(2)7-5-6-8-24-19-38(24,35(48)43-55(51,52)37(21-39)12-13-37)42-32(46)29-18-25(20-45(29)34(47)30(23)41-36(49)50)54-33-27-9-10-28-31(26(27)11-14-40-33)53-16-15-44(28)3/h6,8-11,14,22-25,29-30,41H,4-5,7,12-13,15-21H2,1-3H3,(H,42,46)(H,43,48)(H,49,50)/b8-6-/t22-,23+,24+,25+,29-,30-,38+/m0/s1.